The van der Waals surface area contributed by atoms with Crippen molar-refractivity contribution in [1.82, 2.24) is 0 Å². The molecule has 0 N–H and O–H groups in total. The predicted octanol–water partition coefficient (Wildman–Crippen LogP) is -3.52. The van der Waals surface area contributed by atoms with Gasteiger partial charge in [-0.05, 0) is 13.8 Å². The Kier molecular flexibility index (Phi) is 21.4. The molecule has 5 nitrogen and oxygen atoms in total. The van der Waals surface area contributed by atoms with Gasteiger partial charge < -0.3 is 14.6 Å². The Morgan fingerprint density at radius 2 is 1.21 bits per heavy atom. The van der Waals surface area contributed by atoms with E-state index in [1.165, 1.54) is 0 Å². The Labute approximate surface area is 106 Å². The minimum atomic E-state index is -0.927. The molecular weight excluding hydrogens is 199 g/mol. The second-order valence-electron chi connectivity index (χ2n) is 1.73. The number of hydrogen-bond donors (Lipinski definition) is 0. The largest absolute Gasteiger partial charge is 1.00 e. The molecule has 0 radical (unpaired) electrons. The smallest absolute Gasteiger partial charge is 0.855 e. The number of esters is 2. The van der Waals surface area contributed by atoms with Crippen molar-refractivity contribution in [3.05, 3.63) is 0 Å². The number of carbonyl (C=O) groups is 2. The van der Waals surface area contributed by atoms with Crippen molar-refractivity contribution in [2.75, 3.05) is 19.8 Å². The molecule has 0 unspecified atom stereocenters. The van der Waals surface area contributed by atoms with E-state index in [9.17, 15) is 9.59 Å². The monoisotopic (exact) mass is 214 g/mol. The van der Waals surface area contributed by atoms with Crippen molar-refractivity contribution >= 4 is 11.9 Å². The van der Waals surface area contributed by atoms with Crippen LogP contribution < -0.4 is 34.7 Å². The standard InChI is InChI=1S/C6H10O4.C2H5O.Na/c1-3-9-5(7)6(8)10-4-2;1-2-3;/h3-4H2,1-2H3;2H2,1H3;/q;-1;+1. The van der Waals surface area contributed by atoms with E-state index in [4.69, 9.17) is 5.11 Å². The van der Waals surface area contributed by atoms with E-state index >= 15 is 0 Å². The molecule has 0 aromatic heterocycles. The first kappa shape index (κ1) is 19.5. The molecule has 78 valence electrons. The van der Waals surface area contributed by atoms with E-state index in [-0.39, 0.29) is 49.4 Å². The number of ether oxygens (including phenoxy) is 2. The predicted molar refractivity (Wildman–Crippen MR) is 43.8 cm³/mol. The Morgan fingerprint density at radius 3 is 1.36 bits per heavy atom. The molecule has 0 spiro atoms. The second-order valence-corrected chi connectivity index (χ2v) is 1.73. The molecule has 6 heteroatoms. The summed E-state index contributed by atoms with van der Waals surface area (Å²) in [4.78, 5) is 20.9. The molecule has 0 saturated heterocycles. The van der Waals surface area contributed by atoms with Crippen LogP contribution in [0.2, 0.25) is 0 Å². The average molecular weight is 214 g/mol. The molecule has 14 heavy (non-hydrogen) atoms. The summed E-state index contributed by atoms with van der Waals surface area (Å²) >= 11 is 0. The van der Waals surface area contributed by atoms with Crippen molar-refractivity contribution in [2.24, 2.45) is 0 Å². The fourth-order valence-corrected chi connectivity index (χ4v) is 0.380. The van der Waals surface area contributed by atoms with E-state index in [1.54, 1.807) is 20.8 Å². The molecule has 0 aliphatic carbocycles. The van der Waals surface area contributed by atoms with Gasteiger partial charge in [-0.1, -0.05) is 6.92 Å². The third-order valence-corrected chi connectivity index (χ3v) is 0.718. The SMILES string of the molecule is CCOC(=O)C(=O)OCC.CC[O-].[Na+]. The molecule has 0 fully saturated rings. The summed E-state index contributed by atoms with van der Waals surface area (Å²) in [5, 5.41) is 8.93. The van der Waals surface area contributed by atoms with E-state index in [2.05, 4.69) is 9.47 Å². The van der Waals surface area contributed by atoms with Crippen LogP contribution in [-0.4, -0.2) is 31.8 Å². The van der Waals surface area contributed by atoms with Gasteiger partial charge >= 0.3 is 41.5 Å². The fraction of sp³-hybridized carbons (Fsp3) is 0.750. The summed E-state index contributed by atoms with van der Waals surface area (Å²) in [5.74, 6) is -1.85. The van der Waals surface area contributed by atoms with Gasteiger partial charge in [0, 0.05) is 0 Å². The molecule has 0 heterocycles. The van der Waals surface area contributed by atoms with Crippen molar-refractivity contribution < 1.29 is 53.7 Å². The molecule has 0 aliphatic rings. The van der Waals surface area contributed by atoms with Crippen LogP contribution in [0.15, 0.2) is 0 Å². The Bertz CT molecular complexity index is 133. The third-order valence-electron chi connectivity index (χ3n) is 0.718. The number of hydrogen-bond acceptors (Lipinski definition) is 5. The Hall–Kier alpha value is -0.100. The maximum absolute atomic E-state index is 10.4. The molecule has 0 amide bonds. The van der Waals surface area contributed by atoms with E-state index in [1.807, 2.05) is 0 Å². The molecule has 0 aromatic rings. The van der Waals surface area contributed by atoms with Gasteiger partial charge in [0.1, 0.15) is 0 Å². The molecule has 0 aliphatic heterocycles. The molecule has 0 atom stereocenters. The summed E-state index contributed by atoms with van der Waals surface area (Å²) < 4.78 is 8.69. The van der Waals surface area contributed by atoms with Crippen LogP contribution in [0.3, 0.4) is 0 Å². The second kappa shape index (κ2) is 15.4. The van der Waals surface area contributed by atoms with Gasteiger partial charge in [-0.2, -0.15) is 0 Å². The zero-order valence-electron chi connectivity index (χ0n) is 9.16. The van der Waals surface area contributed by atoms with Gasteiger partial charge in [-0.3, -0.25) is 0 Å². The first-order valence-electron chi connectivity index (χ1n) is 4.05. The molecule has 0 aromatic carbocycles. The van der Waals surface area contributed by atoms with Crippen molar-refractivity contribution in [3.63, 3.8) is 0 Å². The number of rotatable bonds is 2. The van der Waals surface area contributed by atoms with Crippen LogP contribution in [0, 0.1) is 0 Å². The van der Waals surface area contributed by atoms with Gasteiger partial charge in [-0.15, -0.1) is 6.61 Å². The zero-order valence-corrected chi connectivity index (χ0v) is 11.2. The first-order valence-corrected chi connectivity index (χ1v) is 4.05. The molecular formula is C8H15NaO5. The van der Waals surface area contributed by atoms with E-state index in [0.717, 1.165) is 0 Å². The van der Waals surface area contributed by atoms with E-state index < -0.39 is 11.9 Å². The summed E-state index contributed by atoms with van der Waals surface area (Å²) in [6, 6.07) is 0. The molecule has 0 saturated carbocycles. The number of carbonyl (C=O) groups excluding carboxylic acids is 2. The van der Waals surface area contributed by atoms with E-state index in [0.29, 0.717) is 0 Å². The Balaban J connectivity index is -0.000000267. The minimum absolute atomic E-state index is 0. The van der Waals surface area contributed by atoms with Crippen molar-refractivity contribution in [3.8, 4) is 0 Å². The van der Waals surface area contributed by atoms with Crippen LogP contribution in [0.1, 0.15) is 20.8 Å². The molecule has 0 rings (SSSR count). The summed E-state index contributed by atoms with van der Waals surface area (Å²) in [7, 11) is 0. The van der Waals surface area contributed by atoms with Gasteiger partial charge in [0.25, 0.3) is 0 Å². The third kappa shape index (κ3) is 14.4. The van der Waals surface area contributed by atoms with Crippen molar-refractivity contribution in [2.45, 2.75) is 20.8 Å². The zero-order chi connectivity index (χ0) is 10.7. The van der Waals surface area contributed by atoms with Gasteiger partial charge in [0.05, 0.1) is 13.2 Å². The van der Waals surface area contributed by atoms with Gasteiger partial charge in [0.15, 0.2) is 0 Å². The van der Waals surface area contributed by atoms with Crippen LogP contribution in [0.4, 0.5) is 0 Å². The maximum Gasteiger partial charge on any atom is 1.00 e. The minimum Gasteiger partial charge on any atom is -0.855 e. The van der Waals surface area contributed by atoms with Crippen LogP contribution in [0.5, 0.6) is 0 Å². The van der Waals surface area contributed by atoms with Crippen LogP contribution >= 0.6 is 0 Å². The summed E-state index contributed by atoms with van der Waals surface area (Å²) in [6.07, 6.45) is 0. The quantitative estimate of drug-likeness (QED) is 0.270. The maximum atomic E-state index is 10.4. The van der Waals surface area contributed by atoms with Crippen molar-refractivity contribution in [1.29, 1.82) is 0 Å². The summed E-state index contributed by atoms with van der Waals surface area (Å²) in [6.45, 7) is 5.20. The fourth-order valence-electron chi connectivity index (χ4n) is 0.380. The molecule has 0 bridgehead atoms. The first-order chi connectivity index (χ1) is 6.13. The van der Waals surface area contributed by atoms with Crippen LogP contribution in [-0.2, 0) is 19.1 Å². The van der Waals surface area contributed by atoms with Crippen LogP contribution in [0.25, 0.3) is 0 Å². The topological polar surface area (TPSA) is 75.7 Å². The average Bonchev–Trinajstić information content (AvgIpc) is 2.06. The van der Waals surface area contributed by atoms with Gasteiger partial charge in [0.2, 0.25) is 0 Å². The summed E-state index contributed by atoms with van der Waals surface area (Å²) in [5.41, 5.74) is 0. The Morgan fingerprint density at radius 1 is 1.00 bits per heavy atom. The normalized spacial score (nSPS) is 7.43. The van der Waals surface area contributed by atoms with Gasteiger partial charge in [-0.25, -0.2) is 9.59 Å².